The van der Waals surface area contributed by atoms with Crippen molar-refractivity contribution in [2.75, 3.05) is 6.54 Å². The third-order valence-electron chi connectivity index (χ3n) is 3.12. The molecule has 0 aromatic rings. The summed E-state index contributed by atoms with van der Waals surface area (Å²) >= 11 is 0. The van der Waals surface area contributed by atoms with Crippen molar-refractivity contribution in [3.63, 3.8) is 0 Å². The molecule has 96 valence electrons. The van der Waals surface area contributed by atoms with Crippen LogP contribution in [0.15, 0.2) is 12.7 Å². The van der Waals surface area contributed by atoms with Crippen LogP contribution in [0.5, 0.6) is 0 Å². The average molecular weight is 225 g/mol. The highest BCUT2D eigenvalue weighted by Crippen LogP contribution is 2.25. The first kappa shape index (κ1) is 15.7. The second-order valence-corrected chi connectivity index (χ2v) is 6.27. The van der Waals surface area contributed by atoms with Gasteiger partial charge in [-0.15, -0.1) is 6.58 Å². The second kappa shape index (κ2) is 7.11. The van der Waals surface area contributed by atoms with Crippen LogP contribution in [0.1, 0.15) is 66.7 Å². The van der Waals surface area contributed by atoms with Crippen LogP contribution in [0.2, 0.25) is 0 Å². The van der Waals surface area contributed by atoms with Gasteiger partial charge in [0.25, 0.3) is 0 Å². The zero-order valence-corrected chi connectivity index (χ0v) is 12.0. The third-order valence-corrected chi connectivity index (χ3v) is 3.12. The van der Waals surface area contributed by atoms with E-state index in [4.69, 9.17) is 0 Å². The maximum absolute atomic E-state index is 3.99. The Hall–Kier alpha value is -0.300. The first-order chi connectivity index (χ1) is 7.33. The van der Waals surface area contributed by atoms with E-state index in [-0.39, 0.29) is 11.0 Å². The van der Waals surface area contributed by atoms with E-state index in [0.717, 1.165) is 6.54 Å². The minimum Gasteiger partial charge on any atom is -0.311 e. The summed E-state index contributed by atoms with van der Waals surface area (Å²) < 4.78 is 0. The fourth-order valence-corrected chi connectivity index (χ4v) is 1.69. The van der Waals surface area contributed by atoms with Gasteiger partial charge < -0.3 is 5.32 Å². The topological polar surface area (TPSA) is 12.0 Å². The first-order valence-electron chi connectivity index (χ1n) is 6.71. The minimum atomic E-state index is 0.202. The summed E-state index contributed by atoms with van der Waals surface area (Å²) in [6.45, 7) is 16.2. The van der Waals surface area contributed by atoms with E-state index in [1.807, 2.05) is 0 Å². The molecule has 0 amide bonds. The minimum absolute atomic E-state index is 0.202. The Labute approximate surface area is 103 Å². The lowest BCUT2D eigenvalue weighted by Gasteiger charge is -2.31. The molecule has 0 aliphatic carbocycles. The molecule has 0 aromatic carbocycles. The number of hydrogen-bond acceptors (Lipinski definition) is 1. The van der Waals surface area contributed by atoms with Crippen LogP contribution in [0.25, 0.3) is 0 Å². The van der Waals surface area contributed by atoms with Crippen molar-refractivity contribution in [1.29, 1.82) is 0 Å². The van der Waals surface area contributed by atoms with Crippen molar-refractivity contribution < 1.29 is 0 Å². The van der Waals surface area contributed by atoms with E-state index in [0.29, 0.717) is 0 Å². The summed E-state index contributed by atoms with van der Waals surface area (Å²) in [7, 11) is 0. The standard InChI is InChI=1S/C15H31N/c1-7-9-10-11-12-15(6,8-2)13-16-14(3,4)5/h8,16H,2,7,9-13H2,1,3-6H3. The third kappa shape index (κ3) is 7.92. The molecule has 0 bridgehead atoms. The van der Waals surface area contributed by atoms with Crippen LogP contribution in [-0.2, 0) is 0 Å². The van der Waals surface area contributed by atoms with Gasteiger partial charge in [-0.3, -0.25) is 0 Å². The van der Waals surface area contributed by atoms with Crippen LogP contribution in [0.4, 0.5) is 0 Å². The van der Waals surface area contributed by atoms with E-state index >= 15 is 0 Å². The molecule has 1 nitrogen and oxygen atoms in total. The number of hydrogen-bond donors (Lipinski definition) is 1. The first-order valence-corrected chi connectivity index (χ1v) is 6.71. The van der Waals surface area contributed by atoms with E-state index in [1.54, 1.807) is 0 Å². The lowest BCUT2D eigenvalue weighted by Crippen LogP contribution is -2.42. The molecule has 16 heavy (non-hydrogen) atoms. The van der Waals surface area contributed by atoms with Crippen LogP contribution >= 0.6 is 0 Å². The predicted octanol–water partition coefficient (Wildman–Crippen LogP) is 4.54. The molecule has 0 aromatic heterocycles. The summed E-state index contributed by atoms with van der Waals surface area (Å²) in [4.78, 5) is 0. The highest BCUT2D eigenvalue weighted by molar-refractivity contribution is 4.94. The number of rotatable bonds is 8. The molecular weight excluding hydrogens is 194 g/mol. The SMILES string of the molecule is C=CC(C)(CCCCCC)CNC(C)(C)C. The molecule has 0 aliphatic rings. The van der Waals surface area contributed by atoms with Gasteiger partial charge in [0, 0.05) is 12.1 Å². The molecule has 0 radical (unpaired) electrons. The maximum atomic E-state index is 3.99. The van der Waals surface area contributed by atoms with Gasteiger partial charge in [-0.2, -0.15) is 0 Å². The van der Waals surface area contributed by atoms with E-state index in [9.17, 15) is 0 Å². The van der Waals surface area contributed by atoms with Crippen LogP contribution in [0.3, 0.4) is 0 Å². The molecule has 0 saturated carbocycles. The van der Waals surface area contributed by atoms with Gasteiger partial charge in [0.15, 0.2) is 0 Å². The Kier molecular flexibility index (Phi) is 6.98. The molecule has 0 aliphatic heterocycles. The van der Waals surface area contributed by atoms with Gasteiger partial charge in [0.1, 0.15) is 0 Å². The van der Waals surface area contributed by atoms with E-state index < -0.39 is 0 Å². The van der Waals surface area contributed by atoms with Gasteiger partial charge in [-0.05, 0) is 32.6 Å². The van der Waals surface area contributed by atoms with Crippen LogP contribution in [-0.4, -0.2) is 12.1 Å². The Balaban J connectivity index is 3.96. The fourth-order valence-electron chi connectivity index (χ4n) is 1.69. The molecule has 1 atom stereocenters. The summed E-state index contributed by atoms with van der Waals surface area (Å²) in [5.74, 6) is 0. The summed E-state index contributed by atoms with van der Waals surface area (Å²) in [5, 5.41) is 3.58. The lowest BCUT2D eigenvalue weighted by molar-refractivity contribution is 0.299. The van der Waals surface area contributed by atoms with Crippen molar-refractivity contribution in [3.05, 3.63) is 12.7 Å². The molecule has 1 heteroatoms. The second-order valence-electron chi connectivity index (χ2n) is 6.27. The molecule has 1 N–H and O–H groups in total. The van der Waals surface area contributed by atoms with Gasteiger partial charge in [0.05, 0.1) is 0 Å². The molecule has 0 saturated heterocycles. The highest BCUT2D eigenvalue weighted by atomic mass is 15.0. The highest BCUT2D eigenvalue weighted by Gasteiger charge is 2.22. The van der Waals surface area contributed by atoms with Crippen LogP contribution < -0.4 is 5.32 Å². The summed E-state index contributed by atoms with van der Waals surface area (Å²) in [6.07, 6.45) is 8.72. The number of unbranched alkanes of at least 4 members (excludes halogenated alkanes) is 3. The monoisotopic (exact) mass is 225 g/mol. The van der Waals surface area contributed by atoms with Crippen molar-refractivity contribution in [1.82, 2.24) is 5.32 Å². The van der Waals surface area contributed by atoms with Gasteiger partial charge in [-0.1, -0.05) is 45.6 Å². The van der Waals surface area contributed by atoms with Gasteiger partial charge >= 0.3 is 0 Å². The Bertz CT molecular complexity index is 190. The summed E-state index contributed by atoms with van der Waals surface area (Å²) in [5.41, 5.74) is 0.453. The van der Waals surface area contributed by atoms with Gasteiger partial charge in [0.2, 0.25) is 0 Å². The molecule has 1 unspecified atom stereocenters. The number of nitrogens with one attached hydrogen (secondary N) is 1. The maximum Gasteiger partial charge on any atom is 0.00968 e. The van der Waals surface area contributed by atoms with Gasteiger partial charge in [-0.25, -0.2) is 0 Å². The van der Waals surface area contributed by atoms with E-state index in [1.165, 1.54) is 32.1 Å². The molecule has 0 rings (SSSR count). The van der Waals surface area contributed by atoms with Crippen molar-refractivity contribution in [2.24, 2.45) is 5.41 Å². The molecular formula is C15H31N. The Morgan fingerprint density at radius 2 is 1.69 bits per heavy atom. The van der Waals surface area contributed by atoms with Crippen molar-refractivity contribution in [2.45, 2.75) is 72.3 Å². The Morgan fingerprint density at radius 3 is 2.12 bits per heavy atom. The van der Waals surface area contributed by atoms with Crippen molar-refractivity contribution in [3.8, 4) is 0 Å². The quantitative estimate of drug-likeness (QED) is 0.472. The lowest BCUT2D eigenvalue weighted by atomic mass is 9.84. The Morgan fingerprint density at radius 1 is 1.06 bits per heavy atom. The zero-order chi connectivity index (χ0) is 12.7. The smallest absolute Gasteiger partial charge is 0.00968 e. The molecule has 0 fully saturated rings. The fraction of sp³-hybridized carbons (Fsp3) is 0.867. The summed E-state index contributed by atoms with van der Waals surface area (Å²) in [6, 6.07) is 0. The largest absolute Gasteiger partial charge is 0.311 e. The predicted molar refractivity (Wildman–Crippen MR) is 74.8 cm³/mol. The average Bonchev–Trinajstić information content (AvgIpc) is 2.21. The van der Waals surface area contributed by atoms with Crippen molar-refractivity contribution >= 4 is 0 Å². The molecule has 0 spiro atoms. The molecule has 0 heterocycles. The zero-order valence-electron chi connectivity index (χ0n) is 12.0. The normalized spacial score (nSPS) is 15.8. The van der Waals surface area contributed by atoms with E-state index in [2.05, 4.69) is 52.6 Å². The van der Waals surface area contributed by atoms with Crippen LogP contribution in [0, 0.1) is 5.41 Å².